The summed E-state index contributed by atoms with van der Waals surface area (Å²) < 4.78 is 5.64. The van der Waals surface area contributed by atoms with Gasteiger partial charge in [-0.1, -0.05) is 23.2 Å². The van der Waals surface area contributed by atoms with Gasteiger partial charge in [-0.15, -0.1) is 0 Å². The number of halogens is 2. The van der Waals surface area contributed by atoms with E-state index in [1.807, 2.05) is 13.8 Å². The largest absolute Gasteiger partial charge is 0.385 e. The first-order chi connectivity index (χ1) is 7.90. The molecule has 1 saturated heterocycles. The lowest BCUT2D eigenvalue weighted by Gasteiger charge is -2.39. The van der Waals surface area contributed by atoms with E-state index in [0.29, 0.717) is 28.5 Å². The monoisotopic (exact) mass is 274 g/mol. The lowest BCUT2D eigenvalue weighted by Crippen LogP contribution is -2.41. The molecule has 0 bridgehead atoms. The molecule has 1 fully saturated rings. The highest BCUT2D eigenvalue weighted by atomic mass is 35.5. The second kappa shape index (κ2) is 4.77. The number of hydrogen-bond acceptors (Lipinski definition) is 2. The fraction of sp³-hybridized carbons (Fsp3) is 0.538. The fourth-order valence-corrected chi connectivity index (χ4v) is 3.07. The third-order valence-electron chi connectivity index (χ3n) is 3.14. The Kier molecular flexibility index (Phi) is 3.69. The molecule has 0 amide bonds. The van der Waals surface area contributed by atoms with Crippen molar-refractivity contribution in [3.8, 4) is 0 Å². The van der Waals surface area contributed by atoms with Crippen LogP contribution in [0.25, 0.3) is 0 Å². The minimum Gasteiger partial charge on any atom is -0.385 e. The van der Waals surface area contributed by atoms with Crippen LogP contribution in [-0.4, -0.2) is 17.3 Å². The summed E-state index contributed by atoms with van der Waals surface area (Å²) in [5, 5.41) is 11.9. The van der Waals surface area contributed by atoms with Crippen molar-refractivity contribution in [1.82, 2.24) is 0 Å². The summed E-state index contributed by atoms with van der Waals surface area (Å²) in [4.78, 5) is 0. The predicted molar refractivity (Wildman–Crippen MR) is 69.6 cm³/mol. The van der Waals surface area contributed by atoms with Gasteiger partial charge in [-0.2, -0.15) is 0 Å². The van der Waals surface area contributed by atoms with Crippen LogP contribution in [0.15, 0.2) is 18.2 Å². The second-order valence-electron chi connectivity index (χ2n) is 4.82. The summed E-state index contributed by atoms with van der Waals surface area (Å²) in [5.74, 6) is 0. The summed E-state index contributed by atoms with van der Waals surface area (Å²) >= 11 is 12.1. The Bertz CT molecular complexity index is 410. The van der Waals surface area contributed by atoms with Gasteiger partial charge in [0.15, 0.2) is 0 Å². The van der Waals surface area contributed by atoms with E-state index in [1.165, 1.54) is 0 Å². The molecular weight excluding hydrogens is 259 g/mol. The van der Waals surface area contributed by atoms with Gasteiger partial charge in [0.2, 0.25) is 0 Å². The van der Waals surface area contributed by atoms with Gasteiger partial charge in [-0.25, -0.2) is 0 Å². The van der Waals surface area contributed by atoms with Crippen molar-refractivity contribution >= 4 is 23.2 Å². The normalized spacial score (nSPS) is 33.7. The Morgan fingerprint density at radius 1 is 1.24 bits per heavy atom. The van der Waals surface area contributed by atoms with Crippen LogP contribution in [0.4, 0.5) is 0 Å². The van der Waals surface area contributed by atoms with Crippen LogP contribution in [0, 0.1) is 0 Å². The van der Waals surface area contributed by atoms with Gasteiger partial charge < -0.3 is 9.84 Å². The van der Waals surface area contributed by atoms with Crippen LogP contribution >= 0.6 is 23.2 Å². The number of ether oxygens (including phenoxy) is 1. The van der Waals surface area contributed by atoms with E-state index < -0.39 is 5.60 Å². The Morgan fingerprint density at radius 3 is 2.41 bits per heavy atom. The minimum atomic E-state index is -0.945. The van der Waals surface area contributed by atoms with E-state index in [0.717, 1.165) is 0 Å². The highest BCUT2D eigenvalue weighted by Gasteiger charge is 2.39. The third kappa shape index (κ3) is 2.76. The van der Waals surface area contributed by atoms with Crippen molar-refractivity contribution < 1.29 is 9.84 Å². The topological polar surface area (TPSA) is 29.5 Å². The molecule has 17 heavy (non-hydrogen) atoms. The summed E-state index contributed by atoms with van der Waals surface area (Å²) in [6, 6.07) is 5.19. The van der Waals surface area contributed by atoms with E-state index in [1.54, 1.807) is 18.2 Å². The Hall–Kier alpha value is -0.280. The Labute approximate surface area is 111 Å². The maximum atomic E-state index is 10.8. The van der Waals surface area contributed by atoms with Gasteiger partial charge in [0.05, 0.1) is 17.8 Å². The van der Waals surface area contributed by atoms with E-state index in [4.69, 9.17) is 27.9 Å². The van der Waals surface area contributed by atoms with Gasteiger partial charge in [-0.05, 0) is 32.0 Å². The van der Waals surface area contributed by atoms with E-state index >= 15 is 0 Å². The smallest absolute Gasteiger partial charge is 0.0960 e. The molecule has 2 nitrogen and oxygen atoms in total. The standard InChI is InChI=1S/C13H16Cl2O2/c1-8-6-13(16,7-9(2)17-8)11-5-10(14)3-4-12(11)15/h3-5,8-9,16H,6-7H2,1-2H3. The molecule has 0 spiro atoms. The quantitative estimate of drug-likeness (QED) is 0.845. The maximum Gasteiger partial charge on any atom is 0.0960 e. The Balaban J connectivity index is 2.39. The zero-order valence-corrected chi connectivity index (χ0v) is 11.4. The van der Waals surface area contributed by atoms with Crippen LogP contribution in [0.2, 0.25) is 10.0 Å². The summed E-state index contributed by atoms with van der Waals surface area (Å²) in [7, 11) is 0. The first-order valence-electron chi connectivity index (χ1n) is 5.74. The van der Waals surface area contributed by atoms with Crippen LogP contribution in [-0.2, 0) is 10.3 Å². The highest BCUT2D eigenvalue weighted by molar-refractivity contribution is 6.33. The highest BCUT2D eigenvalue weighted by Crippen LogP contribution is 2.41. The van der Waals surface area contributed by atoms with Crippen molar-refractivity contribution in [2.24, 2.45) is 0 Å². The average Bonchev–Trinajstić information content (AvgIpc) is 2.19. The predicted octanol–water partition coefficient (Wildman–Crippen LogP) is 3.77. The van der Waals surface area contributed by atoms with Crippen molar-refractivity contribution in [2.45, 2.75) is 44.5 Å². The fourth-order valence-electron chi connectivity index (χ4n) is 2.60. The molecule has 0 saturated carbocycles. The molecule has 1 aromatic rings. The van der Waals surface area contributed by atoms with E-state index in [2.05, 4.69) is 0 Å². The first-order valence-corrected chi connectivity index (χ1v) is 6.50. The van der Waals surface area contributed by atoms with E-state index in [-0.39, 0.29) is 12.2 Å². The van der Waals surface area contributed by atoms with Crippen molar-refractivity contribution in [1.29, 1.82) is 0 Å². The van der Waals surface area contributed by atoms with Crippen LogP contribution < -0.4 is 0 Å². The molecular formula is C13H16Cl2O2. The molecule has 2 unspecified atom stereocenters. The molecule has 0 aliphatic carbocycles. The summed E-state index contributed by atoms with van der Waals surface area (Å²) in [5.41, 5.74) is -0.243. The zero-order chi connectivity index (χ0) is 12.6. The van der Waals surface area contributed by atoms with Gasteiger partial charge in [-0.3, -0.25) is 0 Å². The molecule has 4 heteroatoms. The second-order valence-corrected chi connectivity index (χ2v) is 5.66. The number of benzene rings is 1. The van der Waals surface area contributed by atoms with Gasteiger partial charge >= 0.3 is 0 Å². The summed E-state index contributed by atoms with van der Waals surface area (Å²) in [6.07, 6.45) is 1.10. The summed E-state index contributed by atoms with van der Waals surface area (Å²) in [6.45, 7) is 3.91. The molecule has 1 aliphatic rings. The van der Waals surface area contributed by atoms with Crippen LogP contribution in [0.3, 0.4) is 0 Å². The molecule has 1 aromatic carbocycles. The average molecular weight is 275 g/mol. The van der Waals surface area contributed by atoms with Crippen molar-refractivity contribution in [3.63, 3.8) is 0 Å². The number of rotatable bonds is 1. The van der Waals surface area contributed by atoms with Crippen molar-refractivity contribution in [2.75, 3.05) is 0 Å². The molecule has 2 atom stereocenters. The van der Waals surface area contributed by atoms with Crippen LogP contribution in [0.1, 0.15) is 32.3 Å². The van der Waals surface area contributed by atoms with Gasteiger partial charge in [0.1, 0.15) is 0 Å². The van der Waals surface area contributed by atoms with E-state index in [9.17, 15) is 5.11 Å². The van der Waals surface area contributed by atoms with Crippen molar-refractivity contribution in [3.05, 3.63) is 33.8 Å². The van der Waals surface area contributed by atoms with Gasteiger partial charge in [0, 0.05) is 28.5 Å². The Morgan fingerprint density at radius 2 is 1.82 bits per heavy atom. The molecule has 94 valence electrons. The molecule has 1 aliphatic heterocycles. The SMILES string of the molecule is CC1CC(O)(c2cc(Cl)ccc2Cl)CC(C)O1. The lowest BCUT2D eigenvalue weighted by atomic mass is 9.81. The minimum absolute atomic E-state index is 0.0128. The number of aliphatic hydroxyl groups is 1. The maximum absolute atomic E-state index is 10.8. The molecule has 0 radical (unpaired) electrons. The molecule has 0 aromatic heterocycles. The van der Waals surface area contributed by atoms with Crippen LogP contribution in [0.5, 0.6) is 0 Å². The molecule has 1 N–H and O–H groups in total. The molecule has 1 heterocycles. The zero-order valence-electron chi connectivity index (χ0n) is 9.91. The first kappa shape index (κ1) is 13.2. The van der Waals surface area contributed by atoms with Gasteiger partial charge in [0.25, 0.3) is 0 Å². The lowest BCUT2D eigenvalue weighted by molar-refractivity contribution is -0.135. The third-order valence-corrected chi connectivity index (χ3v) is 3.71. The number of hydrogen-bond donors (Lipinski definition) is 1. The molecule has 2 rings (SSSR count).